The first-order chi connectivity index (χ1) is 6.11. The van der Waals surface area contributed by atoms with Gasteiger partial charge in [0.1, 0.15) is 6.04 Å². The highest BCUT2D eigenvalue weighted by atomic mass is 16.5. The van der Waals surface area contributed by atoms with Gasteiger partial charge in [-0.25, -0.2) is 0 Å². The summed E-state index contributed by atoms with van der Waals surface area (Å²) < 4.78 is 4.74. The zero-order valence-electron chi connectivity index (χ0n) is 8.04. The summed E-state index contributed by atoms with van der Waals surface area (Å²) in [5, 5.41) is 2.68. The number of hydrogen-bond acceptors (Lipinski definition) is 3. The topological polar surface area (TPSA) is 64.4 Å². The number of hydrogen-bond donors (Lipinski definition) is 2. The third kappa shape index (κ3) is 5.23. The molecule has 0 radical (unpaired) electrons. The Morgan fingerprint density at radius 1 is 1.77 bits per heavy atom. The third-order valence-corrected chi connectivity index (χ3v) is 1.50. The summed E-state index contributed by atoms with van der Waals surface area (Å²) in [7, 11) is 1.50. The van der Waals surface area contributed by atoms with E-state index in [-0.39, 0.29) is 18.6 Å². The van der Waals surface area contributed by atoms with Gasteiger partial charge < -0.3 is 15.8 Å². The number of carbonyl (C=O) groups excluding carboxylic acids is 1. The van der Waals surface area contributed by atoms with Crippen molar-refractivity contribution in [2.24, 2.45) is 5.73 Å². The second-order valence-electron chi connectivity index (χ2n) is 2.88. The standard InChI is InChI=1S/C9H16N2O2/c1-4-5-7(2)11-9(12)8(10)6-13-3/h1,7-8H,5-6,10H2,2-3H3,(H,11,12). The average Bonchev–Trinajstić information content (AvgIpc) is 2.05. The number of amides is 1. The Bertz CT molecular complexity index is 198. The van der Waals surface area contributed by atoms with Gasteiger partial charge in [0.2, 0.25) is 5.91 Å². The molecule has 2 unspecified atom stereocenters. The van der Waals surface area contributed by atoms with E-state index in [1.165, 1.54) is 7.11 Å². The summed E-state index contributed by atoms with van der Waals surface area (Å²) in [4.78, 5) is 11.2. The lowest BCUT2D eigenvalue weighted by atomic mass is 10.2. The van der Waals surface area contributed by atoms with Crippen LogP contribution < -0.4 is 11.1 Å². The first kappa shape index (κ1) is 11.9. The van der Waals surface area contributed by atoms with Crippen molar-refractivity contribution in [1.82, 2.24) is 5.32 Å². The van der Waals surface area contributed by atoms with E-state index in [4.69, 9.17) is 16.9 Å². The normalized spacial score (nSPS) is 14.3. The van der Waals surface area contributed by atoms with Crippen LogP contribution in [0, 0.1) is 12.3 Å². The van der Waals surface area contributed by atoms with Crippen LogP contribution >= 0.6 is 0 Å². The monoisotopic (exact) mass is 184 g/mol. The molecule has 2 atom stereocenters. The lowest BCUT2D eigenvalue weighted by Crippen LogP contribution is -2.46. The molecule has 0 spiro atoms. The van der Waals surface area contributed by atoms with Crippen molar-refractivity contribution in [3.05, 3.63) is 0 Å². The molecule has 0 fully saturated rings. The van der Waals surface area contributed by atoms with Crippen molar-refractivity contribution in [3.8, 4) is 12.3 Å². The Labute approximate surface area is 78.8 Å². The van der Waals surface area contributed by atoms with E-state index in [0.717, 1.165) is 0 Å². The van der Waals surface area contributed by atoms with Gasteiger partial charge in [-0.05, 0) is 6.92 Å². The summed E-state index contributed by atoms with van der Waals surface area (Å²) in [6.45, 7) is 2.05. The van der Waals surface area contributed by atoms with Gasteiger partial charge in [-0.2, -0.15) is 0 Å². The molecule has 4 heteroatoms. The number of carbonyl (C=O) groups is 1. The van der Waals surface area contributed by atoms with Crippen LogP contribution in [0.4, 0.5) is 0 Å². The first-order valence-corrected chi connectivity index (χ1v) is 4.10. The fourth-order valence-corrected chi connectivity index (χ4v) is 0.833. The average molecular weight is 184 g/mol. The zero-order chi connectivity index (χ0) is 10.3. The number of nitrogens with one attached hydrogen (secondary N) is 1. The quantitative estimate of drug-likeness (QED) is 0.565. The molecule has 74 valence electrons. The van der Waals surface area contributed by atoms with Crippen molar-refractivity contribution >= 4 is 5.91 Å². The molecule has 0 aliphatic carbocycles. The fourth-order valence-electron chi connectivity index (χ4n) is 0.833. The molecule has 3 N–H and O–H groups in total. The molecule has 4 nitrogen and oxygen atoms in total. The summed E-state index contributed by atoms with van der Waals surface area (Å²) >= 11 is 0. The van der Waals surface area contributed by atoms with E-state index in [2.05, 4.69) is 11.2 Å². The van der Waals surface area contributed by atoms with Gasteiger partial charge in [-0.15, -0.1) is 12.3 Å². The van der Waals surface area contributed by atoms with Crippen molar-refractivity contribution < 1.29 is 9.53 Å². The fraction of sp³-hybridized carbons (Fsp3) is 0.667. The molecule has 0 aromatic rings. The molecule has 1 amide bonds. The Balaban J connectivity index is 3.79. The molecule has 13 heavy (non-hydrogen) atoms. The SMILES string of the molecule is C#CCC(C)NC(=O)C(N)COC. The van der Waals surface area contributed by atoms with Gasteiger partial charge in [-0.3, -0.25) is 4.79 Å². The third-order valence-electron chi connectivity index (χ3n) is 1.50. The Morgan fingerprint density at radius 2 is 2.38 bits per heavy atom. The van der Waals surface area contributed by atoms with Gasteiger partial charge in [0.05, 0.1) is 6.61 Å². The molecule has 0 bridgehead atoms. The number of ether oxygens (including phenoxy) is 1. The summed E-state index contributed by atoms with van der Waals surface area (Å²) in [6.07, 6.45) is 5.59. The lowest BCUT2D eigenvalue weighted by Gasteiger charge is -2.14. The molecule has 0 aliphatic heterocycles. The van der Waals surface area contributed by atoms with Crippen LogP contribution in [0.15, 0.2) is 0 Å². The van der Waals surface area contributed by atoms with Gasteiger partial charge in [0, 0.05) is 19.6 Å². The van der Waals surface area contributed by atoms with E-state index in [9.17, 15) is 4.79 Å². The zero-order valence-corrected chi connectivity index (χ0v) is 8.04. The highest BCUT2D eigenvalue weighted by Gasteiger charge is 2.14. The number of methoxy groups -OCH3 is 1. The van der Waals surface area contributed by atoms with Gasteiger partial charge in [-0.1, -0.05) is 0 Å². The van der Waals surface area contributed by atoms with Gasteiger partial charge >= 0.3 is 0 Å². The number of rotatable bonds is 5. The number of nitrogens with two attached hydrogens (primary N) is 1. The minimum Gasteiger partial charge on any atom is -0.383 e. The molecule has 0 saturated heterocycles. The molecule has 0 heterocycles. The molecule has 0 aliphatic rings. The highest BCUT2D eigenvalue weighted by Crippen LogP contribution is 1.89. The largest absolute Gasteiger partial charge is 0.383 e. The maximum absolute atomic E-state index is 11.2. The van der Waals surface area contributed by atoms with Crippen LogP contribution in [0.3, 0.4) is 0 Å². The molecule has 0 rings (SSSR count). The van der Waals surface area contributed by atoms with E-state index in [1.807, 2.05) is 6.92 Å². The maximum Gasteiger partial charge on any atom is 0.239 e. The van der Waals surface area contributed by atoms with Crippen molar-refractivity contribution in [2.75, 3.05) is 13.7 Å². The van der Waals surface area contributed by atoms with Gasteiger partial charge in [0.15, 0.2) is 0 Å². The van der Waals surface area contributed by atoms with Crippen molar-refractivity contribution in [3.63, 3.8) is 0 Å². The molecule has 0 aromatic heterocycles. The predicted molar refractivity (Wildman–Crippen MR) is 50.9 cm³/mol. The van der Waals surface area contributed by atoms with Crippen LogP contribution in [0.1, 0.15) is 13.3 Å². The predicted octanol–water partition coefficient (Wildman–Crippen LogP) is -0.512. The van der Waals surface area contributed by atoms with Gasteiger partial charge in [0.25, 0.3) is 0 Å². The molecule has 0 saturated carbocycles. The molecular formula is C9H16N2O2. The minimum atomic E-state index is -0.620. The smallest absolute Gasteiger partial charge is 0.239 e. The first-order valence-electron chi connectivity index (χ1n) is 4.10. The van der Waals surface area contributed by atoms with Crippen LogP contribution in [0.2, 0.25) is 0 Å². The Kier molecular flexibility index (Phi) is 5.94. The van der Waals surface area contributed by atoms with Crippen molar-refractivity contribution in [1.29, 1.82) is 0 Å². The van der Waals surface area contributed by atoms with E-state index in [0.29, 0.717) is 6.42 Å². The summed E-state index contributed by atoms with van der Waals surface area (Å²) in [5.41, 5.74) is 5.48. The Hall–Kier alpha value is -1.05. The minimum absolute atomic E-state index is 0.0413. The van der Waals surface area contributed by atoms with Crippen LogP contribution in [-0.2, 0) is 9.53 Å². The highest BCUT2D eigenvalue weighted by molar-refractivity contribution is 5.81. The second-order valence-corrected chi connectivity index (χ2v) is 2.88. The summed E-state index contributed by atoms with van der Waals surface area (Å²) in [6, 6.07) is -0.661. The summed E-state index contributed by atoms with van der Waals surface area (Å²) in [5.74, 6) is 2.23. The Morgan fingerprint density at radius 3 is 2.85 bits per heavy atom. The van der Waals surface area contributed by atoms with Crippen LogP contribution in [0.25, 0.3) is 0 Å². The van der Waals surface area contributed by atoms with E-state index >= 15 is 0 Å². The van der Waals surface area contributed by atoms with E-state index < -0.39 is 6.04 Å². The molecular weight excluding hydrogens is 168 g/mol. The maximum atomic E-state index is 11.2. The molecule has 0 aromatic carbocycles. The number of terminal acetylenes is 1. The second kappa shape index (κ2) is 6.46. The van der Waals surface area contributed by atoms with Crippen LogP contribution in [-0.4, -0.2) is 31.7 Å². The lowest BCUT2D eigenvalue weighted by molar-refractivity contribution is -0.124. The van der Waals surface area contributed by atoms with Crippen LogP contribution in [0.5, 0.6) is 0 Å². The van der Waals surface area contributed by atoms with E-state index in [1.54, 1.807) is 0 Å². The van der Waals surface area contributed by atoms with Crippen molar-refractivity contribution in [2.45, 2.75) is 25.4 Å².